The van der Waals surface area contributed by atoms with Gasteiger partial charge in [-0.05, 0) is 44.1 Å². The van der Waals surface area contributed by atoms with Gasteiger partial charge >= 0.3 is 0 Å². The average molecular weight is 207 g/mol. The molecule has 2 fully saturated rings. The molecule has 1 spiro atoms. The zero-order valence-electron chi connectivity index (χ0n) is 8.91. The Morgan fingerprint density at radius 3 is 3.20 bits per heavy atom. The maximum atomic E-state index is 5.17. The van der Waals surface area contributed by atoms with E-state index in [9.17, 15) is 0 Å². The lowest BCUT2D eigenvalue weighted by Crippen LogP contribution is -2.38. The molecule has 15 heavy (non-hydrogen) atoms. The van der Waals surface area contributed by atoms with Gasteiger partial charge in [-0.3, -0.25) is 0 Å². The Morgan fingerprint density at radius 2 is 2.47 bits per heavy atom. The van der Waals surface area contributed by atoms with Crippen LogP contribution in [0.2, 0.25) is 0 Å². The minimum Gasteiger partial charge on any atom is -0.339 e. The molecule has 4 heteroatoms. The second kappa shape index (κ2) is 3.59. The minimum atomic E-state index is 0.507. The number of hydrogen-bond donors (Lipinski definition) is 1. The van der Waals surface area contributed by atoms with Crippen LogP contribution in [0.4, 0.5) is 0 Å². The van der Waals surface area contributed by atoms with Crippen molar-refractivity contribution < 1.29 is 4.52 Å². The highest BCUT2D eigenvalue weighted by Gasteiger charge is 2.41. The first-order valence-corrected chi connectivity index (χ1v) is 5.85. The van der Waals surface area contributed by atoms with Crippen molar-refractivity contribution in [2.24, 2.45) is 5.41 Å². The van der Waals surface area contributed by atoms with Crippen molar-refractivity contribution in [1.82, 2.24) is 15.5 Å². The van der Waals surface area contributed by atoms with Crippen LogP contribution in [0, 0.1) is 5.41 Å². The van der Waals surface area contributed by atoms with Crippen molar-refractivity contribution in [3.8, 4) is 0 Å². The van der Waals surface area contributed by atoms with Gasteiger partial charge in [-0.2, -0.15) is 4.98 Å². The molecule has 1 aromatic rings. The molecule has 2 aliphatic rings. The van der Waals surface area contributed by atoms with Crippen LogP contribution in [0.5, 0.6) is 0 Å². The minimum absolute atomic E-state index is 0.507. The van der Waals surface area contributed by atoms with E-state index in [-0.39, 0.29) is 0 Å². The van der Waals surface area contributed by atoms with Crippen LogP contribution < -0.4 is 5.32 Å². The second-order valence-electron chi connectivity index (χ2n) is 5.00. The molecule has 1 saturated heterocycles. The van der Waals surface area contributed by atoms with E-state index in [1.165, 1.54) is 51.5 Å². The lowest BCUT2D eigenvalue weighted by atomic mass is 9.78. The van der Waals surface area contributed by atoms with Crippen LogP contribution in [0.1, 0.15) is 43.9 Å². The van der Waals surface area contributed by atoms with Gasteiger partial charge < -0.3 is 9.84 Å². The third kappa shape index (κ3) is 1.67. The molecule has 1 aromatic heterocycles. The third-order valence-corrected chi connectivity index (χ3v) is 3.99. The molecular weight excluding hydrogens is 190 g/mol. The first-order valence-electron chi connectivity index (χ1n) is 5.85. The summed E-state index contributed by atoms with van der Waals surface area (Å²) in [6, 6.07) is 0. The van der Waals surface area contributed by atoms with E-state index in [0.717, 1.165) is 5.89 Å². The average Bonchev–Trinajstić information content (AvgIpc) is 2.88. The van der Waals surface area contributed by atoms with Crippen molar-refractivity contribution in [2.45, 2.75) is 38.0 Å². The van der Waals surface area contributed by atoms with Crippen LogP contribution in [0.3, 0.4) is 0 Å². The monoisotopic (exact) mass is 207 g/mol. The summed E-state index contributed by atoms with van der Waals surface area (Å²) < 4.78 is 5.17. The molecule has 3 rings (SSSR count). The SMILES string of the molecule is c1noc(C2CCC3(CCCNC3)C2)n1. The van der Waals surface area contributed by atoms with Gasteiger partial charge in [0, 0.05) is 12.5 Å². The molecule has 1 N–H and O–H groups in total. The summed E-state index contributed by atoms with van der Waals surface area (Å²) in [6.07, 6.45) is 7.94. The summed E-state index contributed by atoms with van der Waals surface area (Å²) in [5.74, 6) is 1.35. The molecule has 4 nitrogen and oxygen atoms in total. The maximum Gasteiger partial charge on any atom is 0.229 e. The molecule has 1 aliphatic heterocycles. The van der Waals surface area contributed by atoms with Crippen LogP contribution >= 0.6 is 0 Å². The molecule has 82 valence electrons. The highest BCUT2D eigenvalue weighted by atomic mass is 16.5. The Morgan fingerprint density at radius 1 is 1.47 bits per heavy atom. The Balaban J connectivity index is 1.72. The maximum absolute atomic E-state index is 5.17. The zero-order chi connectivity index (χ0) is 10.1. The summed E-state index contributed by atoms with van der Waals surface area (Å²) in [6.45, 7) is 2.37. The Labute approximate surface area is 89.4 Å². The Kier molecular flexibility index (Phi) is 2.24. The summed E-state index contributed by atoms with van der Waals surface area (Å²) in [7, 11) is 0. The van der Waals surface area contributed by atoms with Gasteiger partial charge in [-0.25, -0.2) is 0 Å². The van der Waals surface area contributed by atoms with Crippen molar-refractivity contribution in [1.29, 1.82) is 0 Å². The molecule has 2 heterocycles. The normalized spacial score (nSPS) is 36.1. The molecule has 1 aliphatic carbocycles. The van der Waals surface area contributed by atoms with Crippen LogP contribution in [0.15, 0.2) is 10.9 Å². The highest BCUT2D eigenvalue weighted by Crippen LogP contribution is 2.49. The van der Waals surface area contributed by atoms with Crippen molar-refractivity contribution in [2.75, 3.05) is 13.1 Å². The van der Waals surface area contributed by atoms with E-state index in [1.807, 2.05) is 0 Å². The first-order chi connectivity index (χ1) is 7.38. The van der Waals surface area contributed by atoms with Gasteiger partial charge in [0.25, 0.3) is 0 Å². The standard InChI is InChI=1S/C11H17N3O/c1-3-11(7-12-5-1)4-2-9(6-11)10-13-8-14-15-10/h8-9,12H,1-7H2. The van der Waals surface area contributed by atoms with Crippen molar-refractivity contribution in [3.05, 3.63) is 12.2 Å². The van der Waals surface area contributed by atoms with E-state index >= 15 is 0 Å². The number of nitrogens with zero attached hydrogens (tertiary/aromatic N) is 2. The second-order valence-corrected chi connectivity index (χ2v) is 5.00. The van der Waals surface area contributed by atoms with Crippen molar-refractivity contribution >= 4 is 0 Å². The molecule has 1 saturated carbocycles. The van der Waals surface area contributed by atoms with Gasteiger partial charge in [0.05, 0.1) is 0 Å². The number of rotatable bonds is 1. The number of piperidine rings is 1. The Hall–Kier alpha value is -0.900. The van der Waals surface area contributed by atoms with Crippen LogP contribution in [-0.4, -0.2) is 23.2 Å². The topological polar surface area (TPSA) is 51.0 Å². The van der Waals surface area contributed by atoms with Crippen LogP contribution in [0.25, 0.3) is 0 Å². The largest absolute Gasteiger partial charge is 0.339 e. The summed E-state index contributed by atoms with van der Waals surface area (Å²) in [5, 5.41) is 7.22. The predicted octanol–water partition coefficient (Wildman–Crippen LogP) is 1.71. The smallest absolute Gasteiger partial charge is 0.229 e. The zero-order valence-corrected chi connectivity index (χ0v) is 8.91. The fourth-order valence-electron chi connectivity index (χ4n) is 3.20. The summed E-state index contributed by atoms with van der Waals surface area (Å²) >= 11 is 0. The molecule has 2 unspecified atom stereocenters. The highest BCUT2D eigenvalue weighted by molar-refractivity contribution is 5.02. The van der Waals surface area contributed by atoms with E-state index in [0.29, 0.717) is 11.3 Å². The van der Waals surface area contributed by atoms with E-state index < -0.39 is 0 Å². The van der Waals surface area contributed by atoms with E-state index in [2.05, 4.69) is 15.5 Å². The number of hydrogen-bond acceptors (Lipinski definition) is 4. The lowest BCUT2D eigenvalue weighted by Gasteiger charge is -2.33. The van der Waals surface area contributed by atoms with Gasteiger partial charge in [-0.1, -0.05) is 5.16 Å². The lowest BCUT2D eigenvalue weighted by molar-refractivity contribution is 0.210. The molecule has 0 amide bonds. The first kappa shape index (κ1) is 9.33. The predicted molar refractivity (Wildman–Crippen MR) is 55.4 cm³/mol. The van der Waals surface area contributed by atoms with Crippen LogP contribution in [-0.2, 0) is 0 Å². The molecule has 0 aromatic carbocycles. The van der Waals surface area contributed by atoms with E-state index in [4.69, 9.17) is 4.52 Å². The van der Waals surface area contributed by atoms with Crippen molar-refractivity contribution in [3.63, 3.8) is 0 Å². The quantitative estimate of drug-likeness (QED) is 0.761. The fourth-order valence-corrected chi connectivity index (χ4v) is 3.20. The van der Waals surface area contributed by atoms with Gasteiger partial charge in [-0.15, -0.1) is 0 Å². The summed E-state index contributed by atoms with van der Waals surface area (Å²) in [4.78, 5) is 4.18. The van der Waals surface area contributed by atoms with Gasteiger partial charge in [0.1, 0.15) is 0 Å². The Bertz CT molecular complexity index is 317. The number of nitrogens with one attached hydrogen (secondary N) is 1. The van der Waals surface area contributed by atoms with Gasteiger partial charge in [0.2, 0.25) is 5.89 Å². The van der Waals surface area contributed by atoms with E-state index in [1.54, 1.807) is 0 Å². The molecule has 2 atom stereocenters. The molecular formula is C11H17N3O. The third-order valence-electron chi connectivity index (χ3n) is 3.99. The fraction of sp³-hybridized carbons (Fsp3) is 0.818. The molecule has 0 bridgehead atoms. The van der Waals surface area contributed by atoms with Gasteiger partial charge in [0.15, 0.2) is 6.33 Å². The molecule has 0 radical (unpaired) electrons. The summed E-state index contributed by atoms with van der Waals surface area (Å²) in [5.41, 5.74) is 0.525. The number of aromatic nitrogens is 2.